The van der Waals surface area contributed by atoms with Crippen LogP contribution in [-0.2, 0) is 35.8 Å². The molecule has 9 nitrogen and oxygen atoms in total. The quantitative estimate of drug-likeness (QED) is 0.316. The maximum Gasteiger partial charge on any atom is 0.308 e. The molecule has 1 atom stereocenters. The van der Waals surface area contributed by atoms with Crippen molar-refractivity contribution in [2.75, 3.05) is 13.7 Å². The molecule has 1 aliphatic heterocycles. The zero-order chi connectivity index (χ0) is 28.9. The Balaban J connectivity index is 1.74. The van der Waals surface area contributed by atoms with Gasteiger partial charge in [-0.15, -0.1) is 0 Å². The van der Waals surface area contributed by atoms with Gasteiger partial charge >= 0.3 is 5.97 Å². The van der Waals surface area contributed by atoms with Crippen molar-refractivity contribution in [2.45, 2.75) is 24.0 Å². The number of amides is 2. The van der Waals surface area contributed by atoms with E-state index in [2.05, 4.69) is 5.32 Å². The largest absolute Gasteiger partial charge is 0.496 e. The molecule has 3 aromatic rings. The lowest BCUT2D eigenvalue weighted by atomic mass is 10.1. The van der Waals surface area contributed by atoms with Crippen LogP contribution in [0.2, 0.25) is 5.02 Å². The number of methoxy groups -OCH3 is 1. The van der Waals surface area contributed by atoms with Gasteiger partial charge in [-0.3, -0.25) is 14.4 Å². The van der Waals surface area contributed by atoms with Crippen molar-refractivity contribution in [3.63, 3.8) is 0 Å². The highest BCUT2D eigenvalue weighted by molar-refractivity contribution is 7.89. The molecular weight excluding hydrogens is 563 g/mol. The Morgan fingerprint density at radius 3 is 2.48 bits per heavy atom. The number of halogens is 2. The van der Waals surface area contributed by atoms with Crippen LogP contribution in [0, 0.1) is 5.82 Å². The first-order valence-corrected chi connectivity index (χ1v) is 13.8. The summed E-state index contributed by atoms with van der Waals surface area (Å²) < 4.78 is 52.4. The summed E-state index contributed by atoms with van der Waals surface area (Å²) in [6.07, 6.45) is 0.485. The molecule has 1 aliphatic rings. The van der Waals surface area contributed by atoms with E-state index in [1.165, 1.54) is 43.5 Å². The second-order valence-electron chi connectivity index (χ2n) is 8.70. The molecule has 40 heavy (non-hydrogen) atoms. The number of ether oxygens (including phenoxy) is 2. The van der Waals surface area contributed by atoms with Crippen LogP contribution in [0.4, 0.5) is 4.39 Å². The third kappa shape index (κ3) is 6.49. The maximum absolute atomic E-state index is 14.0. The third-order valence-electron chi connectivity index (χ3n) is 6.01. The summed E-state index contributed by atoms with van der Waals surface area (Å²) in [5.74, 6) is -3.28. The van der Waals surface area contributed by atoms with Crippen molar-refractivity contribution in [1.29, 1.82) is 0 Å². The third-order valence-corrected chi connectivity index (χ3v) is 8.07. The molecule has 1 N–H and O–H groups in total. The number of benzene rings is 3. The standard InChI is InChI=1S/C28H24ClFN2O7S/c1-38-25-12-9-22(30)14-19(25)13-20-16-31-27(34)24(15-26(33)39-17-18-5-3-2-4-6-18)32(28(20)35)40(36,37)23-10-7-21(29)8-11-23/h2-14,24H,15-17H2,1H3,(H,31,34)/b20-13+/t24-/m1/s1. The van der Waals surface area contributed by atoms with Crippen molar-refractivity contribution < 1.29 is 36.7 Å². The van der Waals surface area contributed by atoms with Gasteiger partial charge in [-0.05, 0) is 54.1 Å². The number of carbonyl (C=O) groups excluding carboxylic acids is 3. The SMILES string of the molecule is COc1ccc(F)cc1/C=C1\CNC(=O)[C@@H](CC(=O)OCc2ccccc2)N(S(=O)(=O)c2ccc(Cl)cc2)C1=O. The number of sulfonamides is 1. The predicted molar refractivity (Wildman–Crippen MR) is 144 cm³/mol. The first-order chi connectivity index (χ1) is 19.1. The van der Waals surface area contributed by atoms with Crippen LogP contribution in [0.1, 0.15) is 17.5 Å². The summed E-state index contributed by atoms with van der Waals surface area (Å²) in [7, 11) is -3.34. The van der Waals surface area contributed by atoms with Gasteiger partial charge in [0, 0.05) is 22.7 Å². The average molecular weight is 587 g/mol. The summed E-state index contributed by atoms with van der Waals surface area (Å²) in [6.45, 7) is -0.504. The summed E-state index contributed by atoms with van der Waals surface area (Å²) in [4.78, 5) is 39.4. The number of hydrogen-bond acceptors (Lipinski definition) is 7. The molecule has 208 valence electrons. The maximum atomic E-state index is 14.0. The van der Waals surface area contributed by atoms with Gasteiger partial charge in [-0.1, -0.05) is 41.9 Å². The molecule has 0 bridgehead atoms. The molecule has 0 aromatic heterocycles. The van der Waals surface area contributed by atoms with Crippen molar-refractivity contribution in [3.05, 3.63) is 100 Å². The van der Waals surface area contributed by atoms with Gasteiger partial charge < -0.3 is 14.8 Å². The van der Waals surface area contributed by atoms with Crippen molar-refractivity contribution in [2.24, 2.45) is 0 Å². The fourth-order valence-electron chi connectivity index (χ4n) is 4.01. The van der Waals surface area contributed by atoms with E-state index in [0.29, 0.717) is 9.87 Å². The van der Waals surface area contributed by atoms with Crippen LogP contribution >= 0.6 is 11.6 Å². The number of nitrogens with one attached hydrogen (secondary N) is 1. The zero-order valence-corrected chi connectivity index (χ0v) is 22.7. The number of rotatable bonds is 8. The number of carbonyl (C=O) groups is 3. The second-order valence-corrected chi connectivity index (χ2v) is 11.0. The first-order valence-electron chi connectivity index (χ1n) is 12.0. The van der Waals surface area contributed by atoms with Crippen LogP contribution in [0.5, 0.6) is 5.75 Å². The predicted octanol–water partition coefficient (Wildman–Crippen LogP) is 3.72. The fraction of sp³-hybridized carbons (Fsp3) is 0.179. The molecule has 4 rings (SSSR count). The van der Waals surface area contributed by atoms with Gasteiger partial charge in [0.15, 0.2) is 0 Å². The Hall–Kier alpha value is -4.22. The molecule has 1 fully saturated rings. The van der Waals surface area contributed by atoms with E-state index in [-0.39, 0.29) is 40.0 Å². The van der Waals surface area contributed by atoms with E-state index in [4.69, 9.17) is 21.1 Å². The van der Waals surface area contributed by atoms with Crippen LogP contribution < -0.4 is 10.1 Å². The highest BCUT2D eigenvalue weighted by atomic mass is 35.5. The molecule has 0 saturated carbocycles. The van der Waals surface area contributed by atoms with Gasteiger partial charge in [-0.2, -0.15) is 0 Å². The molecule has 0 radical (unpaired) electrons. The van der Waals surface area contributed by atoms with Gasteiger partial charge in [-0.25, -0.2) is 17.1 Å². The van der Waals surface area contributed by atoms with Crippen LogP contribution in [-0.4, -0.2) is 50.2 Å². The highest BCUT2D eigenvalue weighted by Crippen LogP contribution is 2.28. The molecule has 1 heterocycles. The smallest absolute Gasteiger partial charge is 0.308 e. The highest BCUT2D eigenvalue weighted by Gasteiger charge is 2.44. The van der Waals surface area contributed by atoms with Gasteiger partial charge in [0.05, 0.1) is 18.4 Å². The molecule has 1 saturated heterocycles. The van der Waals surface area contributed by atoms with E-state index in [1.54, 1.807) is 30.3 Å². The van der Waals surface area contributed by atoms with Gasteiger partial charge in [0.1, 0.15) is 24.2 Å². The minimum Gasteiger partial charge on any atom is -0.496 e. The lowest BCUT2D eigenvalue weighted by Crippen LogP contribution is -2.50. The Labute approximate surface area is 235 Å². The van der Waals surface area contributed by atoms with Gasteiger partial charge in [0.25, 0.3) is 15.9 Å². The lowest BCUT2D eigenvalue weighted by molar-refractivity contribution is -0.148. The summed E-state index contributed by atoms with van der Waals surface area (Å²) in [5.41, 5.74) is 0.636. The van der Waals surface area contributed by atoms with Gasteiger partial charge in [0.2, 0.25) is 5.91 Å². The fourth-order valence-corrected chi connectivity index (χ4v) is 5.69. The zero-order valence-electron chi connectivity index (χ0n) is 21.2. The van der Waals surface area contributed by atoms with Crippen LogP contribution in [0.25, 0.3) is 6.08 Å². The minimum absolute atomic E-state index is 0.115. The molecule has 0 spiro atoms. The van der Waals surface area contributed by atoms with Crippen LogP contribution in [0.15, 0.2) is 83.3 Å². The second kappa shape index (κ2) is 12.3. The molecular formula is C28H24ClFN2O7S. The molecule has 0 aliphatic carbocycles. The normalized spacial score (nSPS) is 16.8. The molecule has 0 unspecified atom stereocenters. The minimum atomic E-state index is -4.68. The van der Waals surface area contributed by atoms with Crippen molar-refractivity contribution in [3.8, 4) is 5.75 Å². The number of nitrogens with zero attached hydrogens (tertiary/aromatic N) is 1. The van der Waals surface area contributed by atoms with E-state index in [1.807, 2.05) is 0 Å². The Morgan fingerprint density at radius 1 is 1.10 bits per heavy atom. The Morgan fingerprint density at radius 2 is 1.80 bits per heavy atom. The van der Waals surface area contributed by atoms with E-state index in [9.17, 15) is 27.2 Å². The summed E-state index contributed by atoms with van der Waals surface area (Å²) in [6, 6.07) is 15.6. The van der Waals surface area contributed by atoms with Crippen molar-refractivity contribution >= 4 is 45.5 Å². The first kappa shape index (κ1) is 28.8. The summed E-state index contributed by atoms with van der Waals surface area (Å²) in [5, 5.41) is 2.74. The Bertz CT molecular complexity index is 1560. The molecule has 12 heteroatoms. The topological polar surface area (TPSA) is 119 Å². The van der Waals surface area contributed by atoms with Crippen molar-refractivity contribution in [1.82, 2.24) is 9.62 Å². The monoisotopic (exact) mass is 586 g/mol. The molecule has 2 amide bonds. The molecule has 3 aromatic carbocycles. The van der Waals surface area contributed by atoms with Crippen LogP contribution in [0.3, 0.4) is 0 Å². The van der Waals surface area contributed by atoms with E-state index < -0.39 is 46.1 Å². The lowest BCUT2D eigenvalue weighted by Gasteiger charge is -2.27. The van der Waals surface area contributed by atoms with E-state index in [0.717, 1.165) is 12.1 Å². The summed E-state index contributed by atoms with van der Waals surface area (Å²) >= 11 is 5.91. The number of esters is 1. The Kier molecular flexibility index (Phi) is 8.86. The van der Waals surface area contributed by atoms with E-state index >= 15 is 0 Å². The number of hydrogen-bond donors (Lipinski definition) is 1. The average Bonchev–Trinajstić information content (AvgIpc) is 3.05.